The zero-order valence-corrected chi connectivity index (χ0v) is 21.6. The van der Waals surface area contributed by atoms with Gasteiger partial charge in [-0.2, -0.15) is 0 Å². The molecule has 0 radical (unpaired) electrons. The van der Waals surface area contributed by atoms with E-state index in [0.29, 0.717) is 5.95 Å². The summed E-state index contributed by atoms with van der Waals surface area (Å²) in [6, 6.07) is 12.9. The number of carbonyl (C=O) groups is 2. The Bertz CT molecular complexity index is 1110. The monoisotopic (exact) mass is 494 g/mol. The van der Waals surface area contributed by atoms with Crippen LogP contribution in [-0.4, -0.2) is 40.0 Å². The second-order valence-corrected chi connectivity index (χ2v) is 7.61. The molecule has 0 fully saturated rings. The standard InChI is InChI=1S/C23H20Cl2N4O3.Na.H/c1-29(23-26-13-4-14-27-23)16-11-9-15(10-12-16)5-2-8-19(22(31)32)28-21(30)20-17(24)6-3-7-18(20)25;;/h2-7,9-14,19H,8H2,1H3,(H,28,30)(H,31,32);;/q;+1;-1. The van der Waals surface area contributed by atoms with E-state index in [2.05, 4.69) is 15.3 Å². The number of carboxylic acids is 1. The van der Waals surface area contributed by atoms with E-state index in [0.717, 1.165) is 11.3 Å². The predicted octanol–water partition coefficient (Wildman–Crippen LogP) is 1.95. The van der Waals surface area contributed by atoms with Crippen LogP contribution in [0.5, 0.6) is 0 Å². The number of rotatable bonds is 8. The molecule has 0 spiro atoms. The number of benzene rings is 2. The molecule has 7 nitrogen and oxygen atoms in total. The molecular formula is C23H21Cl2N4NaO3. The summed E-state index contributed by atoms with van der Waals surface area (Å²) >= 11 is 12.1. The number of carbonyl (C=O) groups excluding carboxylic acids is 1. The van der Waals surface area contributed by atoms with Crippen molar-refractivity contribution in [1.82, 2.24) is 15.3 Å². The van der Waals surface area contributed by atoms with Gasteiger partial charge in [-0.15, -0.1) is 0 Å². The molecule has 0 saturated heterocycles. The van der Waals surface area contributed by atoms with Gasteiger partial charge in [0.05, 0.1) is 15.6 Å². The first-order valence-electron chi connectivity index (χ1n) is 9.62. The van der Waals surface area contributed by atoms with Crippen LogP contribution in [0.15, 0.2) is 67.0 Å². The van der Waals surface area contributed by atoms with Gasteiger partial charge < -0.3 is 16.7 Å². The number of hydrogen-bond donors (Lipinski definition) is 2. The van der Waals surface area contributed by atoms with Crippen molar-refractivity contribution in [3.05, 3.63) is 88.2 Å². The number of aliphatic carboxylic acids is 1. The van der Waals surface area contributed by atoms with Gasteiger partial charge in [-0.05, 0) is 42.3 Å². The molecule has 0 saturated carbocycles. The van der Waals surface area contributed by atoms with Gasteiger partial charge in [0.15, 0.2) is 0 Å². The van der Waals surface area contributed by atoms with E-state index in [1.165, 1.54) is 12.1 Å². The minimum Gasteiger partial charge on any atom is -1.00 e. The summed E-state index contributed by atoms with van der Waals surface area (Å²) in [4.78, 5) is 34.3. The van der Waals surface area contributed by atoms with Crippen molar-refractivity contribution in [2.45, 2.75) is 12.5 Å². The fraction of sp³-hybridized carbons (Fsp3) is 0.130. The topological polar surface area (TPSA) is 95.4 Å². The van der Waals surface area contributed by atoms with E-state index in [9.17, 15) is 14.7 Å². The Labute approximate surface area is 225 Å². The Balaban J connectivity index is 0.00000289. The Hall–Kier alpha value is -2.42. The summed E-state index contributed by atoms with van der Waals surface area (Å²) in [5, 5.41) is 12.2. The maximum absolute atomic E-state index is 12.5. The van der Waals surface area contributed by atoms with E-state index in [1.807, 2.05) is 36.2 Å². The zero-order chi connectivity index (χ0) is 23.1. The van der Waals surface area contributed by atoms with Crippen molar-refractivity contribution in [1.29, 1.82) is 0 Å². The summed E-state index contributed by atoms with van der Waals surface area (Å²) in [6.07, 6.45) is 6.91. The normalized spacial score (nSPS) is 11.5. The zero-order valence-electron chi connectivity index (χ0n) is 19.1. The van der Waals surface area contributed by atoms with Crippen molar-refractivity contribution in [3.8, 4) is 0 Å². The molecule has 0 aliphatic carbocycles. The summed E-state index contributed by atoms with van der Waals surface area (Å²) in [6.45, 7) is 0. The van der Waals surface area contributed by atoms with Crippen molar-refractivity contribution in [3.63, 3.8) is 0 Å². The van der Waals surface area contributed by atoms with Crippen LogP contribution in [-0.2, 0) is 4.79 Å². The number of nitrogens with zero attached hydrogens (tertiary/aromatic N) is 3. The molecule has 0 aliphatic rings. The molecule has 33 heavy (non-hydrogen) atoms. The third kappa shape index (κ3) is 7.28. The van der Waals surface area contributed by atoms with Crippen LogP contribution in [0.1, 0.15) is 23.8 Å². The minimum absolute atomic E-state index is 0. The minimum atomic E-state index is -1.16. The summed E-state index contributed by atoms with van der Waals surface area (Å²) in [7, 11) is 1.87. The Morgan fingerprint density at radius 3 is 2.27 bits per heavy atom. The maximum atomic E-state index is 12.5. The second kappa shape index (κ2) is 12.7. The van der Waals surface area contributed by atoms with Gasteiger partial charge in [-0.3, -0.25) is 4.79 Å². The molecule has 1 amide bonds. The molecule has 0 bridgehead atoms. The summed E-state index contributed by atoms with van der Waals surface area (Å²) < 4.78 is 0. The molecule has 2 N–H and O–H groups in total. The maximum Gasteiger partial charge on any atom is 1.00 e. The van der Waals surface area contributed by atoms with Crippen molar-refractivity contribution < 1.29 is 45.7 Å². The fourth-order valence-corrected chi connectivity index (χ4v) is 3.46. The third-order valence-electron chi connectivity index (χ3n) is 4.61. The molecule has 1 atom stereocenters. The van der Waals surface area contributed by atoms with Gasteiger partial charge in [0.25, 0.3) is 5.91 Å². The van der Waals surface area contributed by atoms with Crippen LogP contribution in [0.2, 0.25) is 10.0 Å². The molecular weight excluding hydrogens is 474 g/mol. The number of anilines is 2. The molecule has 3 rings (SSSR count). The van der Waals surface area contributed by atoms with Crippen LogP contribution in [0, 0.1) is 0 Å². The number of hydrogen-bond acceptors (Lipinski definition) is 5. The molecule has 1 unspecified atom stereocenters. The quantitative estimate of drug-likeness (QED) is 0.464. The smallest absolute Gasteiger partial charge is 1.00 e. The summed E-state index contributed by atoms with van der Waals surface area (Å²) in [5.41, 5.74) is 1.83. The molecule has 1 heterocycles. The van der Waals surface area contributed by atoms with Gasteiger partial charge >= 0.3 is 35.5 Å². The molecule has 10 heteroatoms. The average Bonchev–Trinajstić information content (AvgIpc) is 2.78. The first-order chi connectivity index (χ1) is 15.4. The molecule has 1 aromatic heterocycles. The molecule has 2 aromatic carbocycles. The Morgan fingerprint density at radius 2 is 1.70 bits per heavy atom. The van der Waals surface area contributed by atoms with Gasteiger partial charge in [-0.25, -0.2) is 14.8 Å². The van der Waals surface area contributed by atoms with Crippen molar-refractivity contribution in [2.75, 3.05) is 11.9 Å². The van der Waals surface area contributed by atoms with Gasteiger partial charge in [-0.1, -0.05) is 53.6 Å². The van der Waals surface area contributed by atoms with Crippen LogP contribution in [0.4, 0.5) is 11.6 Å². The number of halogens is 2. The van der Waals surface area contributed by atoms with Crippen molar-refractivity contribution >= 4 is 52.8 Å². The Morgan fingerprint density at radius 1 is 1.09 bits per heavy atom. The first-order valence-corrected chi connectivity index (χ1v) is 10.4. The number of amides is 1. The SMILES string of the molecule is CN(c1ccc(C=CCC(NC(=O)c2c(Cl)cccc2Cl)C(=O)O)cc1)c1ncccn1.[H-].[Na+]. The number of carboxylic acid groups (broad SMARTS) is 1. The van der Waals surface area contributed by atoms with E-state index in [-0.39, 0.29) is 53.0 Å². The largest absolute Gasteiger partial charge is 1.00 e. The average molecular weight is 495 g/mol. The second-order valence-electron chi connectivity index (χ2n) is 6.80. The van der Waals surface area contributed by atoms with Crippen LogP contribution >= 0.6 is 23.2 Å². The van der Waals surface area contributed by atoms with Crippen LogP contribution in [0.25, 0.3) is 6.08 Å². The van der Waals surface area contributed by atoms with E-state index in [1.54, 1.807) is 36.7 Å². The number of nitrogens with one attached hydrogen (secondary N) is 1. The van der Waals surface area contributed by atoms with Gasteiger partial charge in [0.1, 0.15) is 6.04 Å². The Kier molecular flexibility index (Phi) is 10.3. The molecule has 0 aliphatic heterocycles. The van der Waals surface area contributed by atoms with Crippen molar-refractivity contribution in [2.24, 2.45) is 0 Å². The fourth-order valence-electron chi connectivity index (χ4n) is 2.90. The van der Waals surface area contributed by atoms with E-state index in [4.69, 9.17) is 23.2 Å². The molecule has 166 valence electrons. The van der Waals surface area contributed by atoms with E-state index < -0.39 is 17.9 Å². The van der Waals surface area contributed by atoms with E-state index >= 15 is 0 Å². The van der Waals surface area contributed by atoms with Crippen LogP contribution in [0.3, 0.4) is 0 Å². The predicted molar refractivity (Wildman–Crippen MR) is 127 cm³/mol. The van der Waals surface area contributed by atoms with Gasteiger partial charge in [0.2, 0.25) is 5.95 Å². The first kappa shape index (κ1) is 26.8. The third-order valence-corrected chi connectivity index (χ3v) is 5.24. The molecule has 3 aromatic rings. The number of aromatic nitrogens is 2. The summed E-state index contributed by atoms with van der Waals surface area (Å²) in [5.74, 6) is -1.22. The van der Waals surface area contributed by atoms with Gasteiger partial charge in [0, 0.05) is 25.1 Å². The van der Waals surface area contributed by atoms with Crippen LogP contribution < -0.4 is 39.8 Å².